The van der Waals surface area contributed by atoms with Crippen molar-refractivity contribution in [1.82, 2.24) is 0 Å². The quantitative estimate of drug-likeness (QED) is 0.506. The van der Waals surface area contributed by atoms with Crippen LogP contribution in [0.5, 0.6) is 5.75 Å². The lowest BCUT2D eigenvalue weighted by Gasteiger charge is -2.09. The number of carbonyl (C=O) groups is 1. The molecule has 5 nitrogen and oxygen atoms in total. The molecule has 94 valence electrons. The SMILES string of the molecule is CCC(C)C(=O)Oc1cccc(S(=O)(=O)O)c1. The summed E-state index contributed by atoms with van der Waals surface area (Å²) in [6.45, 7) is 3.56. The van der Waals surface area contributed by atoms with Gasteiger partial charge in [0.25, 0.3) is 10.1 Å². The van der Waals surface area contributed by atoms with E-state index < -0.39 is 16.1 Å². The molecular formula is C11H14O5S. The third kappa shape index (κ3) is 3.83. The van der Waals surface area contributed by atoms with Gasteiger partial charge in [0.2, 0.25) is 0 Å². The van der Waals surface area contributed by atoms with E-state index in [1.54, 1.807) is 6.92 Å². The predicted molar refractivity (Wildman–Crippen MR) is 61.3 cm³/mol. The van der Waals surface area contributed by atoms with Crippen LogP contribution in [0.15, 0.2) is 29.2 Å². The first-order chi connectivity index (χ1) is 7.84. The average Bonchev–Trinajstić information content (AvgIpc) is 2.27. The van der Waals surface area contributed by atoms with Crippen molar-refractivity contribution in [3.8, 4) is 5.75 Å². The van der Waals surface area contributed by atoms with E-state index in [0.717, 1.165) is 6.07 Å². The second-order valence-electron chi connectivity index (χ2n) is 3.68. The van der Waals surface area contributed by atoms with E-state index in [1.807, 2.05) is 6.92 Å². The zero-order valence-corrected chi connectivity index (χ0v) is 10.4. The molecule has 1 aromatic carbocycles. The van der Waals surface area contributed by atoms with E-state index in [0.29, 0.717) is 6.42 Å². The van der Waals surface area contributed by atoms with Crippen molar-refractivity contribution in [3.63, 3.8) is 0 Å². The molecule has 0 amide bonds. The smallest absolute Gasteiger partial charge is 0.314 e. The largest absolute Gasteiger partial charge is 0.426 e. The molecule has 0 spiro atoms. The summed E-state index contributed by atoms with van der Waals surface area (Å²) >= 11 is 0. The van der Waals surface area contributed by atoms with Gasteiger partial charge in [0.15, 0.2) is 0 Å². The van der Waals surface area contributed by atoms with Gasteiger partial charge in [0.1, 0.15) is 5.75 Å². The summed E-state index contributed by atoms with van der Waals surface area (Å²) in [5, 5.41) is 0. The Bertz CT molecular complexity index is 506. The van der Waals surface area contributed by atoms with Crippen molar-refractivity contribution in [2.24, 2.45) is 5.92 Å². The maximum absolute atomic E-state index is 11.5. The molecule has 1 aromatic rings. The molecule has 0 bridgehead atoms. The van der Waals surface area contributed by atoms with Crippen LogP contribution in [-0.4, -0.2) is 18.9 Å². The minimum absolute atomic E-state index is 0.102. The van der Waals surface area contributed by atoms with Gasteiger partial charge in [-0.3, -0.25) is 9.35 Å². The van der Waals surface area contributed by atoms with Gasteiger partial charge in [0.05, 0.1) is 10.8 Å². The summed E-state index contributed by atoms with van der Waals surface area (Å²) in [7, 11) is -4.28. The van der Waals surface area contributed by atoms with Crippen LogP contribution in [0.25, 0.3) is 0 Å². The molecule has 0 aliphatic rings. The number of ether oxygens (including phenoxy) is 1. The number of rotatable bonds is 4. The molecule has 0 saturated carbocycles. The third-order valence-corrected chi connectivity index (χ3v) is 3.19. The second kappa shape index (κ2) is 5.29. The van der Waals surface area contributed by atoms with Gasteiger partial charge in [-0.25, -0.2) is 0 Å². The molecule has 0 saturated heterocycles. The average molecular weight is 258 g/mol. The highest BCUT2D eigenvalue weighted by molar-refractivity contribution is 7.85. The Morgan fingerprint density at radius 3 is 2.65 bits per heavy atom. The minimum atomic E-state index is -4.28. The molecule has 0 aliphatic carbocycles. The molecule has 1 atom stereocenters. The van der Waals surface area contributed by atoms with E-state index in [-0.39, 0.29) is 16.6 Å². The van der Waals surface area contributed by atoms with Crippen molar-refractivity contribution >= 4 is 16.1 Å². The van der Waals surface area contributed by atoms with Crippen molar-refractivity contribution in [2.75, 3.05) is 0 Å². The summed E-state index contributed by atoms with van der Waals surface area (Å²) in [5.74, 6) is -0.588. The Kier molecular flexibility index (Phi) is 4.25. The first-order valence-corrected chi connectivity index (χ1v) is 6.58. The molecule has 6 heteroatoms. The molecular weight excluding hydrogens is 244 g/mol. The van der Waals surface area contributed by atoms with Crippen molar-refractivity contribution in [1.29, 1.82) is 0 Å². The first kappa shape index (κ1) is 13.7. The van der Waals surface area contributed by atoms with Crippen LogP contribution in [0, 0.1) is 5.92 Å². The van der Waals surface area contributed by atoms with Crippen molar-refractivity contribution in [2.45, 2.75) is 25.2 Å². The summed E-state index contributed by atoms with van der Waals surface area (Å²) in [4.78, 5) is 11.2. The summed E-state index contributed by atoms with van der Waals surface area (Å²) in [6, 6.07) is 5.17. The van der Waals surface area contributed by atoms with E-state index in [1.165, 1.54) is 18.2 Å². The molecule has 1 rings (SSSR count). The standard InChI is InChI=1S/C11H14O5S/c1-3-8(2)11(12)16-9-5-4-6-10(7-9)17(13,14)15/h4-8H,3H2,1-2H3,(H,13,14,15). The van der Waals surface area contributed by atoms with Gasteiger partial charge >= 0.3 is 5.97 Å². The molecule has 0 aliphatic heterocycles. The van der Waals surface area contributed by atoms with Gasteiger partial charge in [-0.05, 0) is 18.6 Å². The summed E-state index contributed by atoms with van der Waals surface area (Å²) in [5.41, 5.74) is 0. The fourth-order valence-corrected chi connectivity index (χ4v) is 1.60. The number of benzene rings is 1. The van der Waals surface area contributed by atoms with Crippen LogP contribution >= 0.6 is 0 Å². The van der Waals surface area contributed by atoms with E-state index in [4.69, 9.17) is 9.29 Å². The fraction of sp³-hybridized carbons (Fsp3) is 0.364. The normalized spacial score (nSPS) is 13.1. The second-order valence-corrected chi connectivity index (χ2v) is 5.10. The molecule has 17 heavy (non-hydrogen) atoms. The Morgan fingerprint density at radius 1 is 1.47 bits per heavy atom. The molecule has 0 fully saturated rings. The Labute approximate surface area is 100 Å². The highest BCUT2D eigenvalue weighted by atomic mass is 32.2. The van der Waals surface area contributed by atoms with Crippen molar-refractivity contribution in [3.05, 3.63) is 24.3 Å². The lowest BCUT2D eigenvalue weighted by molar-refractivity contribution is -0.138. The lowest BCUT2D eigenvalue weighted by Crippen LogP contribution is -2.17. The zero-order valence-electron chi connectivity index (χ0n) is 9.58. The highest BCUT2D eigenvalue weighted by Gasteiger charge is 2.15. The summed E-state index contributed by atoms with van der Waals surface area (Å²) in [6.07, 6.45) is 0.636. The number of hydrogen-bond acceptors (Lipinski definition) is 4. The minimum Gasteiger partial charge on any atom is -0.426 e. The van der Waals surface area contributed by atoms with E-state index in [2.05, 4.69) is 0 Å². The van der Waals surface area contributed by atoms with Crippen LogP contribution in [0.3, 0.4) is 0 Å². The van der Waals surface area contributed by atoms with Gasteiger partial charge in [0, 0.05) is 6.07 Å². The van der Waals surface area contributed by atoms with Crippen LogP contribution < -0.4 is 4.74 Å². The van der Waals surface area contributed by atoms with Crippen LogP contribution in [0.4, 0.5) is 0 Å². The number of carbonyl (C=O) groups excluding carboxylic acids is 1. The molecule has 1 N–H and O–H groups in total. The van der Waals surface area contributed by atoms with Crippen molar-refractivity contribution < 1.29 is 22.5 Å². The number of hydrogen-bond donors (Lipinski definition) is 1. The molecule has 0 aromatic heterocycles. The lowest BCUT2D eigenvalue weighted by atomic mass is 10.1. The van der Waals surface area contributed by atoms with Crippen LogP contribution in [0.1, 0.15) is 20.3 Å². The fourth-order valence-electron chi connectivity index (χ4n) is 1.08. The first-order valence-electron chi connectivity index (χ1n) is 5.14. The topological polar surface area (TPSA) is 80.7 Å². The molecule has 0 heterocycles. The predicted octanol–water partition coefficient (Wildman–Crippen LogP) is 1.88. The van der Waals surface area contributed by atoms with Gasteiger partial charge in [-0.15, -0.1) is 0 Å². The molecule has 0 radical (unpaired) electrons. The number of esters is 1. The summed E-state index contributed by atoms with van der Waals surface area (Å²) < 4.78 is 35.6. The van der Waals surface area contributed by atoms with Gasteiger partial charge in [-0.2, -0.15) is 8.42 Å². The highest BCUT2D eigenvalue weighted by Crippen LogP contribution is 2.18. The van der Waals surface area contributed by atoms with E-state index in [9.17, 15) is 13.2 Å². The van der Waals surface area contributed by atoms with Gasteiger partial charge in [-0.1, -0.05) is 19.9 Å². The molecule has 1 unspecified atom stereocenters. The maximum Gasteiger partial charge on any atom is 0.314 e. The zero-order chi connectivity index (χ0) is 13.1. The third-order valence-electron chi connectivity index (χ3n) is 2.34. The van der Waals surface area contributed by atoms with E-state index >= 15 is 0 Å². The monoisotopic (exact) mass is 258 g/mol. The maximum atomic E-state index is 11.5. The van der Waals surface area contributed by atoms with Crippen LogP contribution in [-0.2, 0) is 14.9 Å². The van der Waals surface area contributed by atoms with Gasteiger partial charge < -0.3 is 4.74 Å². The Balaban J connectivity index is 2.91. The Hall–Kier alpha value is -1.40. The Morgan fingerprint density at radius 2 is 2.12 bits per heavy atom. The van der Waals surface area contributed by atoms with Crippen LogP contribution in [0.2, 0.25) is 0 Å².